The number of halogens is 2. The highest BCUT2D eigenvalue weighted by atomic mass is 79.9. The summed E-state index contributed by atoms with van der Waals surface area (Å²) >= 11 is 9.25. The minimum absolute atomic E-state index is 0.105. The monoisotopic (exact) mass is 360 g/mol. The molecule has 0 radical (unpaired) electrons. The van der Waals surface area contributed by atoms with Gasteiger partial charge in [0.2, 0.25) is 0 Å². The van der Waals surface area contributed by atoms with Crippen molar-refractivity contribution in [1.29, 1.82) is 0 Å². The zero-order valence-electron chi connectivity index (χ0n) is 11.3. The molecule has 6 heteroatoms. The van der Waals surface area contributed by atoms with Gasteiger partial charge in [0.1, 0.15) is 0 Å². The van der Waals surface area contributed by atoms with Crippen LogP contribution < -0.4 is 10.6 Å². The lowest BCUT2D eigenvalue weighted by molar-refractivity contribution is 0.0892. The maximum atomic E-state index is 12.2. The van der Waals surface area contributed by atoms with Gasteiger partial charge in [0, 0.05) is 23.7 Å². The highest BCUT2D eigenvalue weighted by Crippen LogP contribution is 2.23. The molecule has 1 aliphatic rings. The summed E-state index contributed by atoms with van der Waals surface area (Å²) in [6, 6.07) is 5.15. The molecule has 0 spiro atoms. The third-order valence-corrected chi connectivity index (χ3v) is 4.74. The molecule has 1 unspecified atom stereocenters. The van der Waals surface area contributed by atoms with E-state index in [1.165, 1.54) is 0 Å². The predicted molar refractivity (Wildman–Crippen MR) is 83.3 cm³/mol. The fourth-order valence-electron chi connectivity index (χ4n) is 2.46. The molecule has 0 saturated carbocycles. The Balaban J connectivity index is 1.98. The van der Waals surface area contributed by atoms with Gasteiger partial charge in [-0.15, -0.1) is 0 Å². The molecular weight excluding hydrogens is 344 g/mol. The molecule has 1 heterocycles. The van der Waals surface area contributed by atoms with Gasteiger partial charge in [-0.3, -0.25) is 4.79 Å². The summed E-state index contributed by atoms with van der Waals surface area (Å²) in [5, 5.41) is 6.99. The Bertz CT molecular complexity index is 490. The molecule has 110 valence electrons. The van der Waals surface area contributed by atoms with Gasteiger partial charge in [-0.05, 0) is 53.5 Å². The number of benzene rings is 1. The number of carbonyl (C=O) groups excluding carboxylic acids is 1. The van der Waals surface area contributed by atoms with Crippen molar-refractivity contribution < 1.29 is 9.53 Å². The number of nitrogens with one attached hydrogen (secondary N) is 2. The fourth-order valence-corrected chi connectivity index (χ4v) is 2.96. The van der Waals surface area contributed by atoms with Crippen LogP contribution in [0.3, 0.4) is 0 Å². The highest BCUT2D eigenvalue weighted by molar-refractivity contribution is 9.10. The molecule has 1 atom stereocenters. The van der Waals surface area contributed by atoms with Crippen molar-refractivity contribution in [2.45, 2.75) is 18.4 Å². The van der Waals surface area contributed by atoms with Crippen LogP contribution in [-0.4, -0.2) is 38.3 Å². The van der Waals surface area contributed by atoms with Crippen LogP contribution in [0.5, 0.6) is 0 Å². The first-order valence-electron chi connectivity index (χ1n) is 6.53. The van der Waals surface area contributed by atoms with Crippen molar-refractivity contribution in [2.75, 3.05) is 26.8 Å². The standard InChI is InChI=1S/C14H18BrClN2O2/c1-20-9-14(5-2-6-18-14)8-17-13(19)10-3-4-12(16)11(15)7-10/h3-4,7,18H,2,5-6,8-9H2,1H3,(H,17,19). The first kappa shape index (κ1) is 15.8. The summed E-state index contributed by atoms with van der Waals surface area (Å²) in [7, 11) is 1.68. The van der Waals surface area contributed by atoms with Crippen LogP contribution in [-0.2, 0) is 4.74 Å². The van der Waals surface area contributed by atoms with Crippen molar-refractivity contribution in [1.82, 2.24) is 10.6 Å². The van der Waals surface area contributed by atoms with Gasteiger partial charge in [-0.1, -0.05) is 11.6 Å². The first-order chi connectivity index (χ1) is 9.56. The summed E-state index contributed by atoms with van der Waals surface area (Å²) < 4.78 is 5.98. The average molecular weight is 362 g/mol. The van der Waals surface area contributed by atoms with Gasteiger partial charge in [-0.25, -0.2) is 0 Å². The van der Waals surface area contributed by atoms with Crippen LogP contribution in [0.2, 0.25) is 5.02 Å². The van der Waals surface area contributed by atoms with E-state index in [0.717, 1.165) is 23.9 Å². The number of methoxy groups -OCH3 is 1. The second-order valence-corrected chi connectivity index (χ2v) is 6.32. The average Bonchev–Trinajstić information content (AvgIpc) is 2.89. The van der Waals surface area contributed by atoms with Crippen LogP contribution in [0.25, 0.3) is 0 Å². The number of hydrogen-bond donors (Lipinski definition) is 2. The summed E-state index contributed by atoms with van der Waals surface area (Å²) in [6.07, 6.45) is 2.11. The van der Waals surface area contributed by atoms with Crippen LogP contribution in [0.4, 0.5) is 0 Å². The molecule has 2 rings (SSSR count). The largest absolute Gasteiger partial charge is 0.383 e. The zero-order valence-corrected chi connectivity index (χ0v) is 13.7. The summed E-state index contributed by atoms with van der Waals surface area (Å²) in [5.41, 5.74) is 0.445. The van der Waals surface area contributed by atoms with Crippen molar-refractivity contribution in [3.8, 4) is 0 Å². The van der Waals surface area contributed by atoms with Gasteiger partial charge in [-0.2, -0.15) is 0 Å². The zero-order chi connectivity index (χ0) is 14.6. The molecule has 4 nitrogen and oxygen atoms in total. The lowest BCUT2D eigenvalue weighted by Crippen LogP contribution is -2.53. The first-order valence-corrected chi connectivity index (χ1v) is 7.71. The van der Waals surface area contributed by atoms with E-state index in [9.17, 15) is 4.79 Å². The Morgan fingerprint density at radius 2 is 2.40 bits per heavy atom. The maximum absolute atomic E-state index is 12.2. The Morgan fingerprint density at radius 3 is 3.00 bits per heavy atom. The van der Waals surface area contributed by atoms with Crippen molar-refractivity contribution >= 4 is 33.4 Å². The predicted octanol–water partition coefficient (Wildman–Crippen LogP) is 2.60. The topological polar surface area (TPSA) is 50.4 Å². The van der Waals surface area contributed by atoms with Gasteiger partial charge >= 0.3 is 0 Å². The molecule has 1 saturated heterocycles. The molecule has 0 aliphatic carbocycles. The minimum Gasteiger partial charge on any atom is -0.383 e. The van der Waals surface area contributed by atoms with Crippen molar-refractivity contribution in [3.05, 3.63) is 33.3 Å². The molecule has 0 aromatic heterocycles. The van der Waals surface area contributed by atoms with E-state index in [1.54, 1.807) is 25.3 Å². The SMILES string of the molecule is COCC1(CNC(=O)c2ccc(Cl)c(Br)c2)CCCN1. The molecule has 0 bridgehead atoms. The van der Waals surface area contributed by atoms with E-state index >= 15 is 0 Å². The Labute approximate surface area is 132 Å². The molecule has 20 heavy (non-hydrogen) atoms. The van der Waals surface area contributed by atoms with Crippen LogP contribution in [0.1, 0.15) is 23.2 Å². The molecule has 1 aromatic carbocycles. The lowest BCUT2D eigenvalue weighted by atomic mass is 9.98. The van der Waals surface area contributed by atoms with Gasteiger partial charge in [0.15, 0.2) is 0 Å². The maximum Gasteiger partial charge on any atom is 0.251 e. The summed E-state index contributed by atoms with van der Waals surface area (Å²) in [6.45, 7) is 2.11. The molecule has 1 aliphatic heterocycles. The van der Waals surface area contributed by atoms with Crippen molar-refractivity contribution in [2.24, 2.45) is 0 Å². The molecule has 1 amide bonds. The van der Waals surface area contributed by atoms with Gasteiger partial charge < -0.3 is 15.4 Å². The molecule has 1 aromatic rings. The Hall–Kier alpha value is -0.620. The minimum atomic E-state index is -0.145. The molecular formula is C14H18BrClN2O2. The number of rotatable bonds is 5. The van der Waals surface area contributed by atoms with E-state index < -0.39 is 0 Å². The van der Waals surface area contributed by atoms with E-state index in [0.29, 0.717) is 23.7 Å². The second-order valence-electron chi connectivity index (χ2n) is 5.06. The van der Waals surface area contributed by atoms with Crippen molar-refractivity contribution in [3.63, 3.8) is 0 Å². The quantitative estimate of drug-likeness (QED) is 0.847. The van der Waals surface area contributed by atoms with Gasteiger partial charge in [0.25, 0.3) is 5.91 Å². The number of ether oxygens (including phenoxy) is 1. The molecule has 1 fully saturated rings. The summed E-state index contributed by atoms with van der Waals surface area (Å²) in [4.78, 5) is 12.2. The highest BCUT2D eigenvalue weighted by Gasteiger charge is 2.33. The number of hydrogen-bond acceptors (Lipinski definition) is 3. The third kappa shape index (κ3) is 3.73. The van der Waals surface area contributed by atoms with Gasteiger partial charge in [0.05, 0.1) is 17.2 Å². The van der Waals surface area contributed by atoms with Crippen LogP contribution in [0, 0.1) is 0 Å². The smallest absolute Gasteiger partial charge is 0.251 e. The second kappa shape index (κ2) is 6.89. The van der Waals surface area contributed by atoms with Crippen LogP contribution in [0.15, 0.2) is 22.7 Å². The van der Waals surface area contributed by atoms with E-state index in [-0.39, 0.29) is 11.4 Å². The van der Waals surface area contributed by atoms with E-state index in [1.807, 2.05) is 0 Å². The Morgan fingerprint density at radius 1 is 1.60 bits per heavy atom. The number of carbonyl (C=O) groups is 1. The van der Waals surface area contributed by atoms with E-state index in [4.69, 9.17) is 16.3 Å². The third-order valence-electron chi connectivity index (χ3n) is 3.52. The fraction of sp³-hybridized carbons (Fsp3) is 0.500. The summed E-state index contributed by atoms with van der Waals surface area (Å²) in [5.74, 6) is -0.105. The Kier molecular flexibility index (Phi) is 5.43. The molecule has 2 N–H and O–H groups in total. The van der Waals surface area contributed by atoms with E-state index in [2.05, 4.69) is 26.6 Å². The number of amides is 1. The lowest BCUT2D eigenvalue weighted by Gasteiger charge is -2.29. The normalized spacial score (nSPS) is 21.9. The van der Waals surface area contributed by atoms with Crippen LogP contribution >= 0.6 is 27.5 Å².